The van der Waals surface area contributed by atoms with E-state index in [9.17, 15) is 4.79 Å². The van der Waals surface area contributed by atoms with Crippen LogP contribution in [-0.2, 0) is 9.53 Å². The molecule has 1 rings (SSSR count). The molecule has 0 aromatic rings. The number of nitrogens with one attached hydrogen (secondary N) is 1. The highest BCUT2D eigenvalue weighted by atomic mass is 35.5. The van der Waals surface area contributed by atoms with E-state index in [2.05, 4.69) is 5.32 Å². The number of hydrogen-bond donors (Lipinski definition) is 1. The number of hydrogen-bond acceptors (Lipinski definition) is 2. The first kappa shape index (κ1) is 8.72. The number of carbonyl (C=O) groups excluding carboxylic acids is 1. The summed E-state index contributed by atoms with van der Waals surface area (Å²) in [5.41, 5.74) is 0. The zero-order valence-electron chi connectivity index (χ0n) is 5.00. The predicted octanol–water partition coefficient (Wildman–Crippen LogP) is 0.291. The largest absolute Gasteiger partial charge is 0.359 e. The topological polar surface area (TPSA) is 38.3 Å². The van der Waals surface area contributed by atoms with Crippen LogP contribution in [0.3, 0.4) is 0 Å². The van der Waals surface area contributed by atoms with Crippen molar-refractivity contribution in [1.29, 1.82) is 0 Å². The van der Waals surface area contributed by atoms with Gasteiger partial charge in [0.2, 0.25) is 6.41 Å². The van der Waals surface area contributed by atoms with Crippen LogP contribution in [0.15, 0.2) is 0 Å². The Morgan fingerprint density at radius 2 is 2.44 bits per heavy atom. The standard InChI is InChI=1S/C5H9NO2.ClH/c7-4-6-5-2-1-3-8-5;/h4-5H,1-3H2,(H,6,7);1H/t5-;/m0./s1. The first-order valence-electron chi connectivity index (χ1n) is 2.75. The van der Waals surface area contributed by atoms with Crippen LogP contribution in [0.2, 0.25) is 0 Å². The van der Waals surface area contributed by atoms with Gasteiger partial charge >= 0.3 is 0 Å². The molecule has 1 aliphatic heterocycles. The summed E-state index contributed by atoms with van der Waals surface area (Å²) in [6.45, 7) is 0.783. The van der Waals surface area contributed by atoms with Crippen molar-refractivity contribution in [3.8, 4) is 0 Å². The lowest BCUT2D eigenvalue weighted by Crippen LogP contribution is -2.25. The number of amides is 1. The molecule has 0 aromatic carbocycles. The molecule has 0 aliphatic carbocycles. The van der Waals surface area contributed by atoms with E-state index in [0.717, 1.165) is 19.4 Å². The van der Waals surface area contributed by atoms with Crippen molar-refractivity contribution in [1.82, 2.24) is 5.32 Å². The number of ether oxygens (including phenoxy) is 1. The lowest BCUT2D eigenvalue weighted by molar-refractivity contribution is -0.112. The summed E-state index contributed by atoms with van der Waals surface area (Å²) in [6, 6.07) is 0. The fourth-order valence-corrected chi connectivity index (χ4v) is 0.785. The Bertz CT molecular complexity index is 83.0. The first-order valence-corrected chi connectivity index (χ1v) is 2.75. The van der Waals surface area contributed by atoms with Crippen LogP contribution in [0.25, 0.3) is 0 Å². The molecule has 9 heavy (non-hydrogen) atoms. The molecule has 0 unspecified atom stereocenters. The predicted molar refractivity (Wildman–Crippen MR) is 35.4 cm³/mol. The third-order valence-electron chi connectivity index (χ3n) is 1.18. The molecule has 1 fully saturated rings. The second-order valence-electron chi connectivity index (χ2n) is 1.79. The smallest absolute Gasteiger partial charge is 0.209 e. The first-order chi connectivity index (χ1) is 3.93. The van der Waals surface area contributed by atoms with Crippen molar-refractivity contribution < 1.29 is 9.53 Å². The number of carbonyl (C=O) groups is 1. The minimum atomic E-state index is -0.00694. The van der Waals surface area contributed by atoms with Crippen molar-refractivity contribution in [2.45, 2.75) is 19.1 Å². The van der Waals surface area contributed by atoms with E-state index < -0.39 is 0 Å². The molecule has 0 spiro atoms. The van der Waals surface area contributed by atoms with E-state index in [-0.39, 0.29) is 18.6 Å². The summed E-state index contributed by atoms with van der Waals surface area (Å²) in [6.07, 6.45) is 2.69. The molecule has 3 nitrogen and oxygen atoms in total. The highest BCUT2D eigenvalue weighted by Crippen LogP contribution is 2.07. The molecule has 1 saturated heterocycles. The highest BCUT2D eigenvalue weighted by molar-refractivity contribution is 5.85. The van der Waals surface area contributed by atoms with E-state index in [4.69, 9.17) is 4.74 Å². The molecule has 0 bridgehead atoms. The molecular weight excluding hydrogens is 142 g/mol. The fraction of sp³-hybridized carbons (Fsp3) is 0.800. The van der Waals surface area contributed by atoms with Crippen LogP contribution >= 0.6 is 12.4 Å². The molecule has 54 valence electrons. The van der Waals surface area contributed by atoms with Crippen LogP contribution in [0.1, 0.15) is 12.8 Å². The summed E-state index contributed by atoms with van der Waals surface area (Å²) in [4.78, 5) is 9.77. The third-order valence-corrected chi connectivity index (χ3v) is 1.18. The Morgan fingerprint density at radius 1 is 1.67 bits per heavy atom. The quantitative estimate of drug-likeness (QED) is 0.577. The van der Waals surface area contributed by atoms with Gasteiger partial charge in [-0.3, -0.25) is 4.79 Å². The minimum Gasteiger partial charge on any atom is -0.359 e. The normalized spacial score (nSPS) is 24.7. The van der Waals surface area contributed by atoms with Crippen LogP contribution in [-0.4, -0.2) is 19.2 Å². The summed E-state index contributed by atoms with van der Waals surface area (Å²) < 4.78 is 5.05. The summed E-state index contributed by atoms with van der Waals surface area (Å²) in [5.74, 6) is 0. The minimum absolute atomic E-state index is 0. The van der Waals surface area contributed by atoms with Crippen LogP contribution in [0.4, 0.5) is 0 Å². The zero-order valence-corrected chi connectivity index (χ0v) is 5.82. The number of rotatable bonds is 2. The lowest BCUT2D eigenvalue weighted by Gasteiger charge is -2.04. The maximum absolute atomic E-state index is 9.77. The van der Waals surface area contributed by atoms with Gasteiger partial charge in [-0.15, -0.1) is 12.4 Å². The molecule has 1 amide bonds. The van der Waals surface area contributed by atoms with Crippen molar-refractivity contribution in [2.24, 2.45) is 0 Å². The summed E-state index contributed by atoms with van der Waals surface area (Å²) >= 11 is 0. The van der Waals surface area contributed by atoms with E-state index in [1.54, 1.807) is 0 Å². The molecular formula is C5H10ClNO2. The van der Waals surface area contributed by atoms with Gasteiger partial charge in [0.05, 0.1) is 0 Å². The maximum atomic E-state index is 9.77. The van der Waals surface area contributed by atoms with Gasteiger partial charge in [0.1, 0.15) is 6.23 Å². The van der Waals surface area contributed by atoms with Gasteiger partial charge in [-0.05, 0) is 12.8 Å². The van der Waals surface area contributed by atoms with E-state index in [0.29, 0.717) is 6.41 Å². The fourth-order valence-electron chi connectivity index (χ4n) is 0.785. The third kappa shape index (κ3) is 2.67. The van der Waals surface area contributed by atoms with Crippen molar-refractivity contribution >= 4 is 18.8 Å². The van der Waals surface area contributed by atoms with Gasteiger partial charge in [0, 0.05) is 6.61 Å². The molecule has 1 aliphatic rings. The van der Waals surface area contributed by atoms with Crippen LogP contribution in [0.5, 0.6) is 0 Å². The molecule has 0 radical (unpaired) electrons. The summed E-state index contributed by atoms with van der Waals surface area (Å²) in [7, 11) is 0. The van der Waals surface area contributed by atoms with E-state index in [1.807, 2.05) is 0 Å². The average Bonchev–Trinajstić information content (AvgIpc) is 2.19. The van der Waals surface area contributed by atoms with Crippen LogP contribution in [0, 0.1) is 0 Å². The maximum Gasteiger partial charge on any atom is 0.209 e. The monoisotopic (exact) mass is 151 g/mol. The number of halogens is 1. The van der Waals surface area contributed by atoms with Gasteiger partial charge in [-0.25, -0.2) is 0 Å². The Hall–Kier alpha value is -0.280. The van der Waals surface area contributed by atoms with Gasteiger partial charge in [-0.1, -0.05) is 0 Å². The Balaban J connectivity index is 0.000000640. The Morgan fingerprint density at radius 3 is 2.89 bits per heavy atom. The van der Waals surface area contributed by atoms with Gasteiger partial charge in [-0.2, -0.15) is 0 Å². The molecule has 1 heterocycles. The van der Waals surface area contributed by atoms with Gasteiger partial charge in [0.25, 0.3) is 0 Å². The molecule has 0 saturated carbocycles. The molecule has 1 atom stereocenters. The second kappa shape index (κ2) is 4.58. The molecule has 4 heteroatoms. The van der Waals surface area contributed by atoms with E-state index in [1.165, 1.54) is 0 Å². The Kier molecular flexibility index (Phi) is 4.44. The average molecular weight is 152 g/mol. The van der Waals surface area contributed by atoms with Gasteiger partial charge < -0.3 is 10.1 Å². The lowest BCUT2D eigenvalue weighted by atomic mass is 10.3. The second-order valence-corrected chi connectivity index (χ2v) is 1.79. The van der Waals surface area contributed by atoms with Crippen molar-refractivity contribution in [3.63, 3.8) is 0 Å². The van der Waals surface area contributed by atoms with Crippen molar-refractivity contribution in [3.05, 3.63) is 0 Å². The van der Waals surface area contributed by atoms with Crippen LogP contribution < -0.4 is 5.32 Å². The SMILES string of the molecule is Cl.O=CN[C@@H]1CCCO1. The van der Waals surface area contributed by atoms with Crippen molar-refractivity contribution in [2.75, 3.05) is 6.61 Å². The molecule has 0 aromatic heterocycles. The summed E-state index contributed by atoms with van der Waals surface area (Å²) in [5, 5.41) is 2.54. The van der Waals surface area contributed by atoms with E-state index >= 15 is 0 Å². The van der Waals surface area contributed by atoms with Gasteiger partial charge in [0.15, 0.2) is 0 Å². The molecule has 1 N–H and O–H groups in total. The highest BCUT2D eigenvalue weighted by Gasteiger charge is 2.12. The zero-order chi connectivity index (χ0) is 5.82. The Labute approximate surface area is 60.2 Å².